The third kappa shape index (κ3) is 4.60. The van der Waals surface area contributed by atoms with Crippen molar-refractivity contribution >= 4 is 0 Å². The van der Waals surface area contributed by atoms with Crippen LogP contribution in [0.15, 0.2) is 18.2 Å². The lowest BCUT2D eigenvalue weighted by Crippen LogP contribution is -2.52. The summed E-state index contributed by atoms with van der Waals surface area (Å²) in [6.07, 6.45) is 6.73. The Balaban J connectivity index is 0.00000136. The van der Waals surface area contributed by atoms with E-state index < -0.39 is 0 Å². The Morgan fingerprint density at radius 1 is 0.893 bits per heavy atom. The fourth-order valence-electron chi connectivity index (χ4n) is 6.02. The molecule has 4 atom stereocenters. The van der Waals surface area contributed by atoms with E-state index in [1.807, 2.05) is 32.0 Å². The van der Waals surface area contributed by atoms with Gasteiger partial charge in [0, 0.05) is 24.1 Å². The second kappa shape index (κ2) is 9.41. The van der Waals surface area contributed by atoms with Crippen molar-refractivity contribution in [3.8, 4) is 17.2 Å². The molecule has 2 saturated carbocycles. The van der Waals surface area contributed by atoms with E-state index in [2.05, 4.69) is 27.7 Å². The van der Waals surface area contributed by atoms with Gasteiger partial charge in [0.25, 0.3) is 0 Å². The summed E-state index contributed by atoms with van der Waals surface area (Å²) in [5.41, 5.74) is 0.826. The van der Waals surface area contributed by atoms with Crippen LogP contribution in [-0.2, 0) is 0 Å². The Labute approximate surface area is 173 Å². The molecule has 1 aromatic carbocycles. The Kier molecular flexibility index (Phi) is 7.70. The maximum atomic E-state index is 6.32. The Bertz CT molecular complexity index is 602. The van der Waals surface area contributed by atoms with Gasteiger partial charge < -0.3 is 14.2 Å². The second-order valence-electron chi connectivity index (χ2n) is 9.42. The van der Waals surface area contributed by atoms with Crippen LogP contribution in [-0.4, -0.2) is 20.8 Å². The Morgan fingerprint density at radius 3 is 2.04 bits per heavy atom. The molecule has 0 aliphatic heterocycles. The van der Waals surface area contributed by atoms with Gasteiger partial charge in [-0.1, -0.05) is 48.0 Å². The highest BCUT2D eigenvalue weighted by molar-refractivity contribution is 5.42. The Morgan fingerprint density at radius 2 is 1.46 bits per heavy atom. The van der Waals surface area contributed by atoms with E-state index in [0.29, 0.717) is 22.7 Å². The van der Waals surface area contributed by atoms with Crippen LogP contribution in [0.1, 0.15) is 73.6 Å². The van der Waals surface area contributed by atoms with E-state index in [1.165, 1.54) is 32.1 Å². The standard InChI is InChI=1S/C23H36O3.C2H6/c1-16-8-9-21-22(2,3)10-7-11-23(21,4)20(16)15-26-19-13-17(24-5)12-18(14-19)25-6;1-2/h12-14,16,20-21H,7-11,15H2,1-6H3;1-2H3. The summed E-state index contributed by atoms with van der Waals surface area (Å²) in [5.74, 6) is 4.50. The normalized spacial score (nSPS) is 31.1. The van der Waals surface area contributed by atoms with Crippen molar-refractivity contribution in [1.82, 2.24) is 0 Å². The molecule has 0 aromatic heterocycles. The molecule has 0 amide bonds. The van der Waals surface area contributed by atoms with Crippen molar-refractivity contribution in [2.24, 2.45) is 28.6 Å². The van der Waals surface area contributed by atoms with E-state index in [-0.39, 0.29) is 0 Å². The molecule has 0 bridgehead atoms. The fraction of sp³-hybridized carbons (Fsp3) is 0.760. The average molecular weight is 391 g/mol. The highest BCUT2D eigenvalue weighted by atomic mass is 16.5. The van der Waals surface area contributed by atoms with E-state index in [9.17, 15) is 0 Å². The summed E-state index contributed by atoms with van der Waals surface area (Å²) in [4.78, 5) is 0. The molecular formula is C25H42O3. The second-order valence-corrected chi connectivity index (χ2v) is 9.42. The van der Waals surface area contributed by atoms with E-state index in [0.717, 1.165) is 29.8 Å². The molecule has 3 rings (SSSR count). The first-order chi connectivity index (χ1) is 13.3. The van der Waals surface area contributed by atoms with Gasteiger partial charge in [0.1, 0.15) is 17.2 Å². The smallest absolute Gasteiger partial charge is 0.126 e. The van der Waals surface area contributed by atoms with Gasteiger partial charge in [-0.25, -0.2) is 0 Å². The highest BCUT2D eigenvalue weighted by Crippen LogP contribution is 2.61. The van der Waals surface area contributed by atoms with Gasteiger partial charge in [-0.05, 0) is 48.3 Å². The lowest BCUT2D eigenvalue weighted by atomic mass is 9.47. The van der Waals surface area contributed by atoms with E-state index >= 15 is 0 Å². The van der Waals surface area contributed by atoms with Crippen LogP contribution in [0.25, 0.3) is 0 Å². The number of hydrogen-bond acceptors (Lipinski definition) is 3. The summed E-state index contributed by atoms with van der Waals surface area (Å²) in [6.45, 7) is 14.7. The minimum Gasteiger partial charge on any atom is -0.496 e. The van der Waals surface area contributed by atoms with Crippen molar-refractivity contribution in [3.05, 3.63) is 18.2 Å². The summed E-state index contributed by atoms with van der Waals surface area (Å²) < 4.78 is 17.1. The number of benzene rings is 1. The molecule has 0 radical (unpaired) electrons. The van der Waals surface area contributed by atoms with Crippen LogP contribution in [0, 0.1) is 28.6 Å². The van der Waals surface area contributed by atoms with Gasteiger partial charge in [-0.2, -0.15) is 0 Å². The third-order valence-corrected chi connectivity index (χ3v) is 7.48. The van der Waals surface area contributed by atoms with Gasteiger partial charge in [0.2, 0.25) is 0 Å². The first-order valence-corrected chi connectivity index (χ1v) is 11.2. The van der Waals surface area contributed by atoms with Crippen LogP contribution in [0.5, 0.6) is 17.2 Å². The number of methoxy groups -OCH3 is 2. The average Bonchev–Trinajstić information content (AvgIpc) is 2.67. The molecule has 2 aliphatic carbocycles. The zero-order chi connectivity index (χ0) is 20.9. The van der Waals surface area contributed by atoms with Gasteiger partial charge in [0.05, 0.1) is 20.8 Å². The van der Waals surface area contributed by atoms with E-state index in [1.54, 1.807) is 14.2 Å². The van der Waals surface area contributed by atoms with Crippen LogP contribution in [0.2, 0.25) is 0 Å². The van der Waals surface area contributed by atoms with Gasteiger partial charge in [-0.3, -0.25) is 0 Å². The number of rotatable bonds is 5. The lowest BCUT2D eigenvalue weighted by Gasteiger charge is -2.59. The summed E-state index contributed by atoms with van der Waals surface area (Å²) in [5, 5.41) is 0. The van der Waals surface area contributed by atoms with Crippen molar-refractivity contribution in [3.63, 3.8) is 0 Å². The predicted octanol–water partition coefficient (Wildman–Crippen LogP) is 6.99. The maximum Gasteiger partial charge on any atom is 0.126 e. The summed E-state index contributed by atoms with van der Waals surface area (Å²) in [6, 6.07) is 5.80. The monoisotopic (exact) mass is 390 g/mol. The van der Waals surface area contributed by atoms with E-state index in [4.69, 9.17) is 14.2 Å². The van der Waals surface area contributed by atoms with Crippen LogP contribution < -0.4 is 14.2 Å². The molecule has 1 aromatic rings. The van der Waals surface area contributed by atoms with Crippen molar-refractivity contribution in [2.75, 3.05) is 20.8 Å². The largest absolute Gasteiger partial charge is 0.496 e. The molecule has 28 heavy (non-hydrogen) atoms. The van der Waals surface area contributed by atoms with Crippen LogP contribution in [0.4, 0.5) is 0 Å². The fourth-order valence-corrected chi connectivity index (χ4v) is 6.02. The molecule has 2 fully saturated rings. The highest BCUT2D eigenvalue weighted by Gasteiger charge is 2.53. The molecule has 0 heterocycles. The van der Waals surface area contributed by atoms with Gasteiger partial charge in [0.15, 0.2) is 0 Å². The summed E-state index contributed by atoms with van der Waals surface area (Å²) in [7, 11) is 3.36. The Hall–Kier alpha value is -1.38. The molecule has 0 N–H and O–H groups in total. The van der Waals surface area contributed by atoms with Gasteiger partial charge >= 0.3 is 0 Å². The minimum absolute atomic E-state index is 0.377. The van der Waals surface area contributed by atoms with Crippen molar-refractivity contribution in [1.29, 1.82) is 0 Å². The first-order valence-electron chi connectivity index (χ1n) is 11.2. The zero-order valence-electron chi connectivity index (χ0n) is 19.4. The molecule has 3 heteroatoms. The molecule has 4 unspecified atom stereocenters. The first kappa shape index (κ1) is 22.9. The molecule has 0 saturated heterocycles. The SMILES string of the molecule is CC.COc1cc(OC)cc(OCC2C(C)CCC3C(C)(C)CCCC23C)c1. The third-order valence-electron chi connectivity index (χ3n) is 7.48. The number of fused-ring (bicyclic) bond motifs is 1. The summed E-state index contributed by atoms with van der Waals surface area (Å²) >= 11 is 0. The number of ether oxygens (including phenoxy) is 3. The van der Waals surface area contributed by atoms with Crippen LogP contribution >= 0.6 is 0 Å². The van der Waals surface area contributed by atoms with Crippen molar-refractivity contribution in [2.45, 2.75) is 73.6 Å². The molecular weight excluding hydrogens is 348 g/mol. The number of hydrogen-bond donors (Lipinski definition) is 0. The molecule has 3 nitrogen and oxygen atoms in total. The zero-order valence-corrected chi connectivity index (χ0v) is 19.4. The van der Waals surface area contributed by atoms with Gasteiger partial charge in [-0.15, -0.1) is 0 Å². The van der Waals surface area contributed by atoms with Crippen molar-refractivity contribution < 1.29 is 14.2 Å². The lowest BCUT2D eigenvalue weighted by molar-refractivity contribution is -0.105. The topological polar surface area (TPSA) is 27.7 Å². The molecule has 0 spiro atoms. The minimum atomic E-state index is 0.377. The molecule has 160 valence electrons. The maximum absolute atomic E-state index is 6.32. The quantitative estimate of drug-likeness (QED) is 0.542. The predicted molar refractivity (Wildman–Crippen MR) is 118 cm³/mol. The van der Waals surface area contributed by atoms with Crippen LogP contribution in [0.3, 0.4) is 0 Å². The molecule has 2 aliphatic rings.